The molecule has 0 saturated heterocycles. The Bertz CT molecular complexity index is 838. The predicted molar refractivity (Wildman–Crippen MR) is 142 cm³/mol. The zero-order chi connectivity index (χ0) is 24.9. The van der Waals surface area contributed by atoms with Crippen molar-refractivity contribution in [3.8, 4) is 0 Å². The number of hydrogen-bond donors (Lipinski definition) is 0. The van der Waals surface area contributed by atoms with E-state index in [1.807, 2.05) is 151 Å². The maximum atomic E-state index is 11.4. The van der Waals surface area contributed by atoms with Gasteiger partial charge in [0.25, 0.3) is 0 Å². The normalized spacial score (nSPS) is 9.43. The Morgan fingerprint density at radius 1 is 0.686 bits per heavy atom. The average molecular weight is 596 g/mol. The van der Waals surface area contributed by atoms with Crippen molar-refractivity contribution in [3.63, 3.8) is 0 Å². The SMILES string of the molecule is CC(C)n1cc[n+](CC(C)(C)[O-])c1.[Ce+3].c1cc[cH-]c1.c1cc[cH-]c1.c1cc[cH-]c1.c1ccccc1. The van der Waals surface area contributed by atoms with Crippen LogP contribution in [0.15, 0.2) is 146 Å². The number of imidazole rings is 1. The minimum Gasteiger partial charge on any atom is -0.847 e. The second-order valence-electron chi connectivity index (χ2n) is 8.43. The Morgan fingerprint density at radius 3 is 1.23 bits per heavy atom. The van der Waals surface area contributed by atoms with E-state index < -0.39 is 5.60 Å². The van der Waals surface area contributed by atoms with Gasteiger partial charge in [-0.2, -0.15) is 54.6 Å². The second kappa shape index (κ2) is 21.1. The van der Waals surface area contributed by atoms with Gasteiger partial charge in [0.15, 0.2) is 0 Å². The second-order valence-corrected chi connectivity index (χ2v) is 8.43. The van der Waals surface area contributed by atoms with Crippen LogP contribution >= 0.6 is 0 Å². The molecule has 0 saturated carbocycles. The Hall–Kier alpha value is -2.18. The minimum atomic E-state index is -0.895. The largest absolute Gasteiger partial charge is 3.00 e. The van der Waals surface area contributed by atoms with Crippen LogP contribution in [-0.4, -0.2) is 10.2 Å². The molecule has 5 rings (SSSR count). The van der Waals surface area contributed by atoms with Gasteiger partial charge >= 0.3 is 41.7 Å². The molecule has 0 bridgehead atoms. The third-order valence-corrected chi connectivity index (χ3v) is 4.20. The number of hydrogen-bond acceptors (Lipinski definition) is 1. The maximum absolute atomic E-state index is 11.4. The zero-order valence-corrected chi connectivity index (χ0v) is 24.6. The molecule has 5 aromatic rings. The van der Waals surface area contributed by atoms with Gasteiger partial charge in [-0.1, -0.05) is 55.8 Å². The first-order chi connectivity index (χ1) is 16.4. The summed E-state index contributed by atoms with van der Waals surface area (Å²) in [5.41, 5.74) is -0.895. The van der Waals surface area contributed by atoms with Gasteiger partial charge in [0.2, 0.25) is 6.33 Å². The Labute approximate surface area is 246 Å². The van der Waals surface area contributed by atoms with Crippen molar-refractivity contribution in [1.29, 1.82) is 0 Å². The van der Waals surface area contributed by atoms with Crippen molar-refractivity contribution in [2.24, 2.45) is 0 Å². The van der Waals surface area contributed by atoms with E-state index in [-0.39, 0.29) is 41.7 Å². The smallest absolute Gasteiger partial charge is 0.847 e. The van der Waals surface area contributed by atoms with Crippen molar-refractivity contribution in [1.82, 2.24) is 4.57 Å². The molecule has 0 fully saturated rings. The summed E-state index contributed by atoms with van der Waals surface area (Å²) in [7, 11) is 0. The molecule has 0 aliphatic heterocycles. The average Bonchev–Trinajstić information content (AvgIpc) is 3.63. The third kappa shape index (κ3) is 20.9. The van der Waals surface area contributed by atoms with Crippen molar-refractivity contribution in [3.05, 3.63) is 146 Å². The van der Waals surface area contributed by atoms with Crippen molar-refractivity contribution in [2.45, 2.75) is 45.9 Å². The third-order valence-electron chi connectivity index (χ3n) is 4.20. The predicted octanol–water partition coefficient (Wildman–Crippen LogP) is 6.40. The van der Waals surface area contributed by atoms with Crippen LogP contribution in [0.4, 0.5) is 0 Å². The standard InChI is InChI=1S/C10H18N2O.C6H6.3C5H5.Ce/c1-9(2)12-6-5-11(8-12)7-10(3,4)13;1-2-4-6-5-3-1;3*1-2-4-5-3-1;/h5-6,8-9H,7H2,1-4H3;1-6H;3*1-5H;/q;;3*-1;+3. The minimum absolute atomic E-state index is 0. The van der Waals surface area contributed by atoms with Gasteiger partial charge in [0.05, 0.1) is 12.6 Å². The number of nitrogens with zero attached hydrogens (tertiary/aromatic N) is 2. The van der Waals surface area contributed by atoms with E-state index in [4.69, 9.17) is 0 Å². The summed E-state index contributed by atoms with van der Waals surface area (Å²) in [6.45, 7) is 8.16. The molecule has 35 heavy (non-hydrogen) atoms. The van der Waals surface area contributed by atoms with Crippen molar-refractivity contribution < 1.29 is 51.4 Å². The van der Waals surface area contributed by atoms with Gasteiger partial charge in [0.1, 0.15) is 12.4 Å². The first-order valence-corrected chi connectivity index (χ1v) is 11.7. The van der Waals surface area contributed by atoms with Crippen LogP contribution in [0.2, 0.25) is 0 Å². The van der Waals surface area contributed by atoms with Gasteiger partial charge in [-0.25, -0.2) is 45.5 Å². The Balaban J connectivity index is 0.000000441. The van der Waals surface area contributed by atoms with E-state index in [2.05, 4.69) is 18.4 Å². The summed E-state index contributed by atoms with van der Waals surface area (Å²) in [5.74, 6) is 0. The molecule has 1 radical (unpaired) electrons. The summed E-state index contributed by atoms with van der Waals surface area (Å²) < 4.78 is 4.03. The van der Waals surface area contributed by atoms with Crippen LogP contribution in [0.3, 0.4) is 0 Å². The molecule has 1 heterocycles. The van der Waals surface area contributed by atoms with Gasteiger partial charge in [-0.15, -0.1) is 0 Å². The molecule has 0 aliphatic rings. The molecule has 0 unspecified atom stereocenters. The van der Waals surface area contributed by atoms with E-state index in [1.54, 1.807) is 13.8 Å². The molecular weight excluding hydrogens is 556 g/mol. The molecule has 1 aromatic heterocycles. The molecule has 0 N–H and O–H groups in total. The zero-order valence-electron chi connectivity index (χ0n) is 21.4. The number of aromatic nitrogens is 2. The topological polar surface area (TPSA) is 31.9 Å². The number of rotatable bonds is 3. The fourth-order valence-corrected chi connectivity index (χ4v) is 2.60. The summed E-state index contributed by atoms with van der Waals surface area (Å²) >= 11 is 0. The molecule has 3 nitrogen and oxygen atoms in total. The van der Waals surface area contributed by atoms with Crippen molar-refractivity contribution in [2.75, 3.05) is 0 Å². The fraction of sp³-hybridized carbons (Fsp3) is 0.226. The van der Waals surface area contributed by atoms with Gasteiger partial charge < -0.3 is 5.11 Å². The quantitative estimate of drug-likeness (QED) is 0.176. The van der Waals surface area contributed by atoms with Crippen LogP contribution in [0, 0.1) is 41.7 Å². The molecule has 183 valence electrons. The first-order valence-electron chi connectivity index (χ1n) is 11.7. The molecule has 0 atom stereocenters. The molecule has 4 aromatic carbocycles. The number of benzene rings is 1. The van der Waals surface area contributed by atoms with E-state index in [0.717, 1.165) is 0 Å². The van der Waals surface area contributed by atoms with Gasteiger partial charge in [0, 0.05) is 0 Å². The van der Waals surface area contributed by atoms with Crippen LogP contribution in [0.25, 0.3) is 0 Å². The maximum Gasteiger partial charge on any atom is 3.00 e. The monoisotopic (exact) mass is 595 g/mol. The van der Waals surface area contributed by atoms with E-state index in [0.29, 0.717) is 12.6 Å². The summed E-state index contributed by atoms with van der Waals surface area (Å²) in [6, 6.07) is 42.5. The molecular formula is C31H39CeN2O. The fourth-order valence-electron chi connectivity index (χ4n) is 2.60. The van der Waals surface area contributed by atoms with Crippen LogP contribution in [-0.2, 0) is 6.54 Å². The van der Waals surface area contributed by atoms with E-state index >= 15 is 0 Å². The van der Waals surface area contributed by atoms with Crippen LogP contribution < -0.4 is 9.67 Å². The van der Waals surface area contributed by atoms with Crippen LogP contribution in [0.5, 0.6) is 0 Å². The summed E-state index contributed by atoms with van der Waals surface area (Å²) in [4.78, 5) is 0. The van der Waals surface area contributed by atoms with Gasteiger partial charge in [-0.05, 0) is 13.8 Å². The van der Waals surface area contributed by atoms with Crippen LogP contribution in [0.1, 0.15) is 33.7 Å². The molecule has 0 amide bonds. The summed E-state index contributed by atoms with van der Waals surface area (Å²) in [5, 5.41) is 11.4. The summed E-state index contributed by atoms with van der Waals surface area (Å²) in [6.07, 6.45) is 5.92. The Morgan fingerprint density at radius 2 is 1.03 bits per heavy atom. The molecule has 0 aliphatic carbocycles. The van der Waals surface area contributed by atoms with E-state index in [1.165, 1.54) is 0 Å². The van der Waals surface area contributed by atoms with Gasteiger partial charge in [-0.3, -0.25) is 0 Å². The molecule has 4 heteroatoms. The first kappa shape index (κ1) is 32.8. The van der Waals surface area contributed by atoms with Crippen molar-refractivity contribution >= 4 is 0 Å². The molecule has 0 spiro atoms. The Kier molecular flexibility index (Phi) is 19.8. The van der Waals surface area contributed by atoms with E-state index in [9.17, 15) is 5.11 Å².